The average molecular weight is 224 g/mol. The molecule has 1 aromatic carbocycles. The number of carboxylic acid groups (broad SMARTS) is 1. The molecule has 0 unspecified atom stereocenters. The largest absolute Gasteiger partial charge is 0.477 e. The van der Waals surface area contributed by atoms with Crippen LogP contribution in [0.25, 0.3) is 10.9 Å². The van der Waals surface area contributed by atoms with Gasteiger partial charge in [-0.05, 0) is 12.1 Å². The first-order valence-corrected chi connectivity index (χ1v) is 4.53. The van der Waals surface area contributed by atoms with Crippen LogP contribution in [0.15, 0.2) is 29.1 Å². The number of hydrogen-bond donors (Lipinski definition) is 2. The van der Waals surface area contributed by atoms with Crippen LogP contribution in [0.1, 0.15) is 10.4 Å². The number of benzene rings is 1. The molecule has 1 heterocycles. The fourth-order valence-corrected chi connectivity index (χ4v) is 1.66. The Kier molecular flexibility index (Phi) is 2.21. The number of pyridine rings is 1. The highest BCUT2D eigenvalue weighted by Gasteiger charge is 2.16. The number of halogens is 1. The van der Waals surface area contributed by atoms with Crippen LogP contribution >= 0.6 is 11.6 Å². The standard InChI is InChI=1S/C10H6ClNO3/c11-9-7(10(14)15)8(13)5-3-1-2-4-6(5)12-9/h1-4H,(H,12,13)(H,14,15). The average Bonchev–Trinajstić information content (AvgIpc) is 2.17. The Balaban J connectivity index is 2.97. The summed E-state index contributed by atoms with van der Waals surface area (Å²) < 4.78 is 0. The summed E-state index contributed by atoms with van der Waals surface area (Å²) in [5, 5.41) is 8.97. The summed E-state index contributed by atoms with van der Waals surface area (Å²) in [5.41, 5.74) is -0.463. The molecule has 4 nitrogen and oxygen atoms in total. The van der Waals surface area contributed by atoms with Gasteiger partial charge in [-0.3, -0.25) is 4.79 Å². The van der Waals surface area contributed by atoms with Gasteiger partial charge in [0.25, 0.3) is 0 Å². The van der Waals surface area contributed by atoms with E-state index >= 15 is 0 Å². The first kappa shape index (κ1) is 9.73. The highest BCUT2D eigenvalue weighted by molar-refractivity contribution is 6.32. The van der Waals surface area contributed by atoms with Gasteiger partial charge in [0.05, 0.1) is 5.52 Å². The highest BCUT2D eigenvalue weighted by Crippen LogP contribution is 2.15. The fraction of sp³-hybridized carbons (Fsp3) is 0. The maximum Gasteiger partial charge on any atom is 0.342 e. The lowest BCUT2D eigenvalue weighted by Crippen LogP contribution is -2.16. The van der Waals surface area contributed by atoms with Gasteiger partial charge >= 0.3 is 5.97 Å². The Morgan fingerprint density at radius 3 is 2.67 bits per heavy atom. The number of carboxylic acids is 1. The molecule has 0 aliphatic carbocycles. The van der Waals surface area contributed by atoms with Gasteiger partial charge in [-0.25, -0.2) is 4.79 Å². The second-order valence-electron chi connectivity index (χ2n) is 2.99. The second-order valence-corrected chi connectivity index (χ2v) is 3.37. The summed E-state index contributed by atoms with van der Waals surface area (Å²) in [5.74, 6) is -1.33. The van der Waals surface area contributed by atoms with Crippen LogP contribution in [0.3, 0.4) is 0 Å². The van der Waals surface area contributed by atoms with E-state index in [1.165, 1.54) is 0 Å². The Morgan fingerprint density at radius 1 is 1.33 bits per heavy atom. The summed E-state index contributed by atoms with van der Waals surface area (Å²) >= 11 is 5.67. The van der Waals surface area contributed by atoms with Crippen molar-refractivity contribution in [1.82, 2.24) is 4.98 Å². The third kappa shape index (κ3) is 1.49. The third-order valence-electron chi connectivity index (χ3n) is 2.08. The number of H-pyrrole nitrogens is 1. The van der Waals surface area contributed by atoms with Crippen molar-refractivity contribution in [2.24, 2.45) is 0 Å². The molecule has 0 amide bonds. The van der Waals surface area contributed by atoms with E-state index in [1.54, 1.807) is 24.3 Å². The number of rotatable bonds is 1. The minimum absolute atomic E-state index is 0.147. The van der Waals surface area contributed by atoms with Crippen molar-refractivity contribution < 1.29 is 9.90 Å². The molecule has 0 fully saturated rings. The lowest BCUT2D eigenvalue weighted by molar-refractivity contribution is 0.0695. The van der Waals surface area contributed by atoms with Gasteiger partial charge in [0, 0.05) is 5.39 Å². The molecule has 0 atom stereocenters. The molecule has 5 heteroatoms. The molecule has 0 radical (unpaired) electrons. The molecule has 0 saturated heterocycles. The second kappa shape index (κ2) is 3.40. The number of aromatic amines is 1. The van der Waals surface area contributed by atoms with E-state index in [4.69, 9.17) is 16.7 Å². The molecular formula is C10H6ClNO3. The van der Waals surface area contributed by atoms with Crippen molar-refractivity contribution in [2.75, 3.05) is 0 Å². The molecule has 2 N–H and O–H groups in total. The maximum atomic E-state index is 11.7. The van der Waals surface area contributed by atoms with E-state index < -0.39 is 17.0 Å². The number of aromatic nitrogens is 1. The molecule has 0 aliphatic heterocycles. The normalized spacial score (nSPS) is 10.5. The van der Waals surface area contributed by atoms with Crippen molar-refractivity contribution in [1.29, 1.82) is 0 Å². The molecule has 0 saturated carbocycles. The van der Waals surface area contributed by atoms with Crippen LogP contribution in [0.4, 0.5) is 0 Å². The van der Waals surface area contributed by atoms with Crippen molar-refractivity contribution in [3.63, 3.8) is 0 Å². The van der Waals surface area contributed by atoms with Gasteiger partial charge in [-0.15, -0.1) is 0 Å². The molecule has 0 spiro atoms. The van der Waals surface area contributed by atoms with E-state index in [2.05, 4.69) is 4.98 Å². The summed E-state index contributed by atoms with van der Waals surface area (Å²) in [6.45, 7) is 0. The molecule has 76 valence electrons. The van der Waals surface area contributed by atoms with Gasteiger partial charge in [-0.1, -0.05) is 23.7 Å². The highest BCUT2D eigenvalue weighted by atomic mass is 35.5. The molecular weight excluding hydrogens is 218 g/mol. The zero-order chi connectivity index (χ0) is 11.0. The summed E-state index contributed by atoms with van der Waals surface area (Å²) in [7, 11) is 0. The van der Waals surface area contributed by atoms with Crippen molar-refractivity contribution >= 4 is 28.5 Å². The third-order valence-corrected chi connectivity index (χ3v) is 2.36. The number of para-hydroxylation sites is 1. The first-order chi connectivity index (χ1) is 7.11. The summed E-state index contributed by atoms with van der Waals surface area (Å²) in [6.07, 6.45) is 0. The van der Waals surface area contributed by atoms with Gasteiger partial charge in [0.2, 0.25) is 5.43 Å². The Morgan fingerprint density at radius 2 is 2.00 bits per heavy atom. The Hall–Kier alpha value is -1.81. The van der Waals surface area contributed by atoms with E-state index in [9.17, 15) is 9.59 Å². The van der Waals surface area contributed by atoms with Crippen molar-refractivity contribution in [3.05, 3.63) is 45.2 Å². The monoisotopic (exact) mass is 223 g/mol. The fourth-order valence-electron chi connectivity index (χ4n) is 1.40. The van der Waals surface area contributed by atoms with Gasteiger partial charge in [0.15, 0.2) is 0 Å². The topological polar surface area (TPSA) is 70.2 Å². The zero-order valence-electron chi connectivity index (χ0n) is 7.45. The molecule has 15 heavy (non-hydrogen) atoms. The SMILES string of the molecule is O=C(O)c1c(Cl)[nH]c2ccccc2c1=O. The van der Waals surface area contributed by atoms with E-state index in [-0.39, 0.29) is 5.15 Å². The predicted octanol–water partition coefficient (Wildman–Crippen LogP) is 1.88. The van der Waals surface area contributed by atoms with E-state index in [0.717, 1.165) is 0 Å². The van der Waals surface area contributed by atoms with Gasteiger partial charge < -0.3 is 10.1 Å². The number of aromatic carboxylic acids is 1. The van der Waals surface area contributed by atoms with Crippen LogP contribution in [-0.4, -0.2) is 16.1 Å². The summed E-state index contributed by atoms with van der Waals surface area (Å²) in [6, 6.07) is 6.61. The quantitative estimate of drug-likeness (QED) is 0.726. The van der Waals surface area contributed by atoms with E-state index in [0.29, 0.717) is 10.9 Å². The number of fused-ring (bicyclic) bond motifs is 1. The predicted molar refractivity (Wildman–Crippen MR) is 56.5 cm³/mol. The lowest BCUT2D eigenvalue weighted by Gasteiger charge is -2.01. The van der Waals surface area contributed by atoms with Crippen LogP contribution in [0.2, 0.25) is 5.15 Å². The Labute approximate surface area is 89.1 Å². The molecule has 2 aromatic rings. The van der Waals surface area contributed by atoms with Crippen molar-refractivity contribution in [3.8, 4) is 0 Å². The Bertz CT molecular complexity index is 603. The van der Waals surface area contributed by atoms with Crippen LogP contribution in [-0.2, 0) is 0 Å². The molecule has 0 bridgehead atoms. The minimum atomic E-state index is -1.33. The summed E-state index contributed by atoms with van der Waals surface area (Å²) in [4.78, 5) is 25.2. The lowest BCUT2D eigenvalue weighted by atomic mass is 10.1. The van der Waals surface area contributed by atoms with Crippen molar-refractivity contribution in [2.45, 2.75) is 0 Å². The van der Waals surface area contributed by atoms with Gasteiger partial charge in [0.1, 0.15) is 10.7 Å². The maximum absolute atomic E-state index is 11.7. The van der Waals surface area contributed by atoms with Crippen LogP contribution in [0.5, 0.6) is 0 Å². The number of carbonyl (C=O) groups is 1. The minimum Gasteiger partial charge on any atom is -0.477 e. The number of hydrogen-bond acceptors (Lipinski definition) is 2. The van der Waals surface area contributed by atoms with Crippen LogP contribution < -0.4 is 5.43 Å². The number of nitrogens with one attached hydrogen (secondary N) is 1. The van der Waals surface area contributed by atoms with E-state index in [1.807, 2.05) is 0 Å². The molecule has 1 aromatic heterocycles. The molecule has 0 aliphatic rings. The first-order valence-electron chi connectivity index (χ1n) is 4.15. The zero-order valence-corrected chi connectivity index (χ0v) is 8.21. The van der Waals surface area contributed by atoms with Crippen LogP contribution in [0, 0.1) is 0 Å². The smallest absolute Gasteiger partial charge is 0.342 e. The molecule has 2 rings (SSSR count). The van der Waals surface area contributed by atoms with Gasteiger partial charge in [-0.2, -0.15) is 0 Å².